The number of nitrogens with one attached hydrogen (secondary N) is 1. The van der Waals surface area contributed by atoms with Gasteiger partial charge in [-0.05, 0) is 64.2 Å². The van der Waals surface area contributed by atoms with Crippen LogP contribution in [0, 0.1) is 0 Å². The number of Topliss-reactive ketones (excluding diaryl/α,β-unsaturated/α-hetero) is 1. The number of hydrogen-bond acceptors (Lipinski definition) is 5. The third-order valence-corrected chi connectivity index (χ3v) is 10.0. The minimum atomic E-state index is -3.59. The van der Waals surface area contributed by atoms with Gasteiger partial charge in [-0.15, -0.1) is 0 Å². The number of carbonyl (C=O) groups excluding carboxylic acids is 1. The van der Waals surface area contributed by atoms with E-state index in [1.54, 1.807) is 45.0 Å². The largest absolute Gasteiger partial charge is 0.299 e. The fourth-order valence-electron chi connectivity index (χ4n) is 3.74. The number of benzene rings is 1. The van der Waals surface area contributed by atoms with Gasteiger partial charge < -0.3 is 0 Å². The highest BCUT2D eigenvalue weighted by Crippen LogP contribution is 2.21. The van der Waals surface area contributed by atoms with Gasteiger partial charge in [0.15, 0.2) is 9.84 Å². The molecule has 0 unspecified atom stereocenters. The third-order valence-electron chi connectivity index (χ3n) is 5.84. The Hall–Kier alpha value is -1.25. The lowest BCUT2D eigenvalue weighted by Gasteiger charge is -2.22. The molecule has 1 aromatic rings. The van der Waals surface area contributed by atoms with Crippen molar-refractivity contribution in [1.29, 1.82) is 0 Å². The Balaban J connectivity index is 1.82. The topological polar surface area (TPSA) is 97.4 Å². The summed E-state index contributed by atoms with van der Waals surface area (Å²) in [5.41, 5.74) is 0.687. The minimum Gasteiger partial charge on any atom is -0.299 e. The maximum absolute atomic E-state index is 12.7. The molecule has 0 radical (unpaired) electrons. The van der Waals surface area contributed by atoms with E-state index < -0.39 is 24.6 Å². The van der Waals surface area contributed by atoms with E-state index in [0.717, 1.165) is 32.1 Å². The summed E-state index contributed by atoms with van der Waals surface area (Å²) in [4.78, 5) is 12.5. The lowest BCUT2D eigenvalue weighted by Crippen LogP contribution is -2.36. The van der Waals surface area contributed by atoms with Gasteiger partial charge in [-0.3, -0.25) is 4.79 Å². The quantitative estimate of drug-likeness (QED) is 0.488. The molecule has 1 saturated carbocycles. The Morgan fingerprint density at radius 1 is 1.00 bits per heavy atom. The maximum atomic E-state index is 12.7. The average Bonchev–Trinajstić information content (AvgIpc) is 2.67. The lowest BCUT2D eigenvalue weighted by molar-refractivity contribution is -0.118. The van der Waals surface area contributed by atoms with Crippen molar-refractivity contribution in [2.24, 2.45) is 0 Å². The van der Waals surface area contributed by atoms with Crippen LogP contribution in [0.1, 0.15) is 84.1 Å². The monoisotopic (exact) mass is 471 g/mol. The molecule has 1 aromatic carbocycles. The number of rotatable bonds is 11. The Bertz CT molecular complexity index is 940. The number of hydrogen-bond donors (Lipinski definition) is 1. The summed E-state index contributed by atoms with van der Waals surface area (Å²) in [6.45, 7) is 5.10. The zero-order valence-electron chi connectivity index (χ0n) is 19.0. The van der Waals surface area contributed by atoms with E-state index in [1.165, 1.54) is 0 Å². The van der Waals surface area contributed by atoms with Gasteiger partial charge in [-0.2, -0.15) is 0 Å². The van der Waals surface area contributed by atoms with Crippen LogP contribution in [0.25, 0.3) is 0 Å². The van der Waals surface area contributed by atoms with Crippen LogP contribution in [0.5, 0.6) is 0 Å². The number of sulfone groups is 1. The van der Waals surface area contributed by atoms with Crippen molar-refractivity contribution in [2.75, 3.05) is 5.75 Å². The standard InChI is InChI=1S/C23H37NO5S2/c1-23(2,3)30(26,27)16-9-5-8-14-21(25)17-19-11-10-15-22(18-19)31(28,29)24-20-12-6-4-7-13-20/h10-11,15,18,20,24H,4-9,12-14,16-17H2,1-3H3. The van der Waals surface area contributed by atoms with Crippen molar-refractivity contribution in [2.45, 2.75) is 101 Å². The van der Waals surface area contributed by atoms with Crippen molar-refractivity contribution in [3.63, 3.8) is 0 Å². The molecule has 176 valence electrons. The van der Waals surface area contributed by atoms with Crippen LogP contribution >= 0.6 is 0 Å². The van der Waals surface area contributed by atoms with Crippen molar-refractivity contribution >= 4 is 25.6 Å². The van der Waals surface area contributed by atoms with Crippen LogP contribution in [-0.4, -0.2) is 39.2 Å². The van der Waals surface area contributed by atoms with Gasteiger partial charge in [0.05, 0.1) is 15.4 Å². The number of carbonyl (C=O) groups is 1. The van der Waals surface area contributed by atoms with E-state index in [1.807, 2.05) is 0 Å². The number of ketones is 1. The molecule has 1 aliphatic rings. The van der Waals surface area contributed by atoms with Gasteiger partial charge in [-0.25, -0.2) is 21.6 Å². The minimum absolute atomic E-state index is 0.00821. The van der Waals surface area contributed by atoms with Crippen molar-refractivity contribution in [1.82, 2.24) is 4.72 Å². The summed E-state index contributed by atoms with van der Waals surface area (Å²) in [6, 6.07) is 6.59. The third kappa shape index (κ3) is 8.31. The summed E-state index contributed by atoms with van der Waals surface area (Å²) in [6.07, 6.45) is 7.41. The zero-order chi connectivity index (χ0) is 23.1. The second-order valence-electron chi connectivity index (χ2n) is 9.56. The van der Waals surface area contributed by atoms with Crippen LogP contribution < -0.4 is 4.72 Å². The average molecular weight is 472 g/mol. The predicted octanol–water partition coefficient (Wildman–Crippen LogP) is 4.18. The molecular weight excluding hydrogens is 434 g/mol. The molecule has 8 heteroatoms. The number of unbranched alkanes of at least 4 members (excludes halogenated alkanes) is 2. The normalized spacial score (nSPS) is 16.4. The lowest BCUT2D eigenvalue weighted by atomic mass is 9.96. The van der Waals surface area contributed by atoms with Crippen LogP contribution in [0.15, 0.2) is 29.2 Å². The van der Waals surface area contributed by atoms with Gasteiger partial charge in [0.2, 0.25) is 10.0 Å². The Kier molecular flexibility index (Phi) is 9.27. The SMILES string of the molecule is CC(C)(C)S(=O)(=O)CCCCCC(=O)Cc1cccc(S(=O)(=O)NC2CCCCC2)c1. The molecule has 0 saturated heterocycles. The molecule has 0 aliphatic heterocycles. The van der Waals surface area contributed by atoms with Gasteiger partial charge >= 0.3 is 0 Å². The summed E-state index contributed by atoms with van der Waals surface area (Å²) in [5, 5.41) is 0. The molecule has 0 bridgehead atoms. The first-order valence-corrected chi connectivity index (χ1v) is 14.4. The predicted molar refractivity (Wildman–Crippen MR) is 124 cm³/mol. The second-order valence-corrected chi connectivity index (χ2v) is 14.1. The molecule has 0 aromatic heterocycles. The Labute approximate surface area is 188 Å². The molecule has 0 spiro atoms. The van der Waals surface area contributed by atoms with Gasteiger partial charge in [0.1, 0.15) is 5.78 Å². The van der Waals surface area contributed by atoms with E-state index >= 15 is 0 Å². The second kappa shape index (κ2) is 11.1. The van der Waals surface area contributed by atoms with Gasteiger partial charge in [0.25, 0.3) is 0 Å². The molecule has 31 heavy (non-hydrogen) atoms. The smallest absolute Gasteiger partial charge is 0.240 e. The summed E-state index contributed by atoms with van der Waals surface area (Å²) >= 11 is 0. The van der Waals surface area contributed by atoms with Crippen molar-refractivity contribution in [3.05, 3.63) is 29.8 Å². The molecule has 1 N–H and O–H groups in total. The first kappa shape index (κ1) is 26.0. The van der Waals surface area contributed by atoms with E-state index in [2.05, 4.69) is 4.72 Å². The molecule has 6 nitrogen and oxygen atoms in total. The maximum Gasteiger partial charge on any atom is 0.240 e. The highest BCUT2D eigenvalue weighted by Gasteiger charge is 2.28. The molecule has 1 aliphatic carbocycles. The van der Waals surface area contributed by atoms with E-state index in [4.69, 9.17) is 0 Å². The van der Waals surface area contributed by atoms with E-state index in [9.17, 15) is 21.6 Å². The highest BCUT2D eigenvalue weighted by atomic mass is 32.2. The van der Waals surface area contributed by atoms with E-state index in [0.29, 0.717) is 31.2 Å². The van der Waals surface area contributed by atoms with Crippen LogP contribution in [0.2, 0.25) is 0 Å². The van der Waals surface area contributed by atoms with Crippen LogP contribution in [0.4, 0.5) is 0 Å². The molecule has 0 heterocycles. The number of sulfonamides is 1. The van der Waals surface area contributed by atoms with E-state index in [-0.39, 0.29) is 28.9 Å². The van der Waals surface area contributed by atoms with Gasteiger partial charge in [-0.1, -0.05) is 37.8 Å². The Morgan fingerprint density at radius 3 is 2.32 bits per heavy atom. The first-order chi connectivity index (χ1) is 14.4. The highest BCUT2D eigenvalue weighted by molar-refractivity contribution is 7.92. The fourth-order valence-corrected chi connectivity index (χ4v) is 6.32. The molecular formula is C23H37NO5S2. The van der Waals surface area contributed by atoms with Crippen LogP contribution in [0.3, 0.4) is 0 Å². The molecule has 0 atom stereocenters. The first-order valence-electron chi connectivity index (χ1n) is 11.3. The zero-order valence-corrected chi connectivity index (χ0v) is 20.7. The van der Waals surface area contributed by atoms with Crippen molar-refractivity contribution in [3.8, 4) is 0 Å². The summed E-state index contributed by atoms with van der Waals surface area (Å²) < 4.78 is 51.6. The van der Waals surface area contributed by atoms with Gasteiger partial charge in [0, 0.05) is 18.9 Å². The Morgan fingerprint density at radius 2 is 1.68 bits per heavy atom. The molecule has 0 amide bonds. The molecule has 2 rings (SSSR count). The molecule has 1 fully saturated rings. The summed E-state index contributed by atoms with van der Waals surface area (Å²) in [5.74, 6) is 0.173. The van der Waals surface area contributed by atoms with Crippen LogP contribution in [-0.2, 0) is 31.1 Å². The summed E-state index contributed by atoms with van der Waals surface area (Å²) in [7, 11) is -6.71. The fraction of sp³-hybridized carbons (Fsp3) is 0.696. The van der Waals surface area contributed by atoms with Crippen molar-refractivity contribution < 1.29 is 21.6 Å².